The molecule has 3 nitrogen and oxygen atoms in total. The van der Waals surface area contributed by atoms with Crippen molar-refractivity contribution in [1.29, 1.82) is 0 Å². The van der Waals surface area contributed by atoms with Gasteiger partial charge in [-0.2, -0.15) is 0 Å². The van der Waals surface area contributed by atoms with E-state index in [1.165, 1.54) is 6.07 Å². The third kappa shape index (κ3) is 5.90. The molecule has 0 aliphatic rings. The molecule has 0 atom stereocenters. The molecule has 2 aromatic heterocycles. The molecule has 2 heterocycles. The van der Waals surface area contributed by atoms with Crippen LogP contribution in [-0.2, 0) is 0 Å². The first-order valence-electron chi connectivity index (χ1n) is 29.2. The van der Waals surface area contributed by atoms with Crippen LogP contribution in [0.25, 0.3) is 93.6 Å². The molecule has 12 rings (SSSR count). The maximum atomic E-state index is 9.84. The zero-order valence-electron chi connectivity index (χ0n) is 51.7. The van der Waals surface area contributed by atoms with E-state index in [2.05, 4.69) is 16.7 Å². The van der Waals surface area contributed by atoms with Gasteiger partial charge in [0.15, 0.2) is 0 Å². The van der Waals surface area contributed by atoms with Crippen LogP contribution < -0.4 is 4.90 Å². The minimum absolute atomic E-state index is 0.0559. The van der Waals surface area contributed by atoms with Gasteiger partial charge in [0.2, 0.25) is 0 Å². The molecule has 12 aromatic rings. The Balaban J connectivity index is 1.17. The van der Waals surface area contributed by atoms with Gasteiger partial charge in [-0.05, 0) is 111 Å². The maximum absolute atomic E-state index is 9.84. The van der Waals surface area contributed by atoms with Crippen molar-refractivity contribution in [3.8, 4) is 39.1 Å². The minimum Gasteiger partial charge on any atom is -0.455 e. The van der Waals surface area contributed by atoms with Gasteiger partial charge in [-0.25, -0.2) is 0 Å². The lowest BCUT2D eigenvalue weighted by molar-refractivity contribution is 0.670. The van der Waals surface area contributed by atoms with Crippen molar-refractivity contribution in [3.63, 3.8) is 0 Å². The largest absolute Gasteiger partial charge is 0.455 e. The van der Waals surface area contributed by atoms with Gasteiger partial charge in [0.25, 0.3) is 0 Å². The van der Waals surface area contributed by atoms with Crippen molar-refractivity contribution in [2.45, 2.75) is 0 Å². The Labute approximate surface area is 381 Å². The summed E-state index contributed by atoms with van der Waals surface area (Å²) in [6.07, 6.45) is 0. The molecule has 0 saturated carbocycles. The molecule has 0 unspecified atom stereocenters. The van der Waals surface area contributed by atoms with Crippen molar-refractivity contribution in [1.82, 2.24) is 4.57 Å². The number of aromatic nitrogens is 1. The first-order valence-corrected chi connectivity index (χ1v) is 19.2. The Bertz CT molecular complexity index is 4660. The summed E-state index contributed by atoms with van der Waals surface area (Å²) in [5.74, 6) is 0. The summed E-state index contributed by atoms with van der Waals surface area (Å²) in [5, 5.41) is 1.77. The summed E-state index contributed by atoms with van der Waals surface area (Å²) in [7, 11) is 0. The molecule has 0 radical (unpaired) electrons. The van der Waals surface area contributed by atoms with Crippen LogP contribution in [-0.4, -0.2) is 4.57 Å². The third-order valence-corrected chi connectivity index (χ3v) is 10.7. The van der Waals surface area contributed by atoms with Gasteiger partial charge in [-0.1, -0.05) is 157 Å². The SMILES string of the molecule is [2H]c1c([2H])c([2H])c(-c2c([2H])c([2H])c(N(c3c([2H])c([2H])c(-c4c([2H])c([2H])c5c([2H])c([2H])c([2H])c([2H])c5c4[2H])c([2H])c3[2H])c3ccc(-c4cccc(-n5c6ccccc6c6ccccc65)c4)c4oc5ccccc5c34)c([2H])c2[2H])c([2H])c1[2H]. The predicted molar refractivity (Wildman–Crippen MR) is 257 cm³/mol. The van der Waals surface area contributed by atoms with Crippen molar-refractivity contribution < 1.29 is 31.8 Å². The predicted octanol–water partition coefficient (Wildman–Crippen LogP) is 16.3. The second kappa shape index (κ2) is 14.3. The summed E-state index contributed by atoms with van der Waals surface area (Å²) < 4.78 is 190. The van der Waals surface area contributed by atoms with Crippen LogP contribution in [0, 0.1) is 0 Å². The second-order valence-corrected chi connectivity index (χ2v) is 14.1. The van der Waals surface area contributed by atoms with E-state index in [0.717, 1.165) is 32.4 Å². The molecule has 0 fully saturated rings. The lowest BCUT2D eigenvalue weighted by Crippen LogP contribution is -2.10. The Morgan fingerprint density at radius 1 is 0.443 bits per heavy atom. The molecule has 0 amide bonds. The van der Waals surface area contributed by atoms with Gasteiger partial charge in [0.05, 0.1) is 49.5 Å². The molecule has 3 heteroatoms. The van der Waals surface area contributed by atoms with Crippen LogP contribution in [0.3, 0.4) is 0 Å². The number of hydrogen-bond acceptors (Lipinski definition) is 2. The van der Waals surface area contributed by atoms with Crippen molar-refractivity contribution in [3.05, 3.63) is 230 Å². The molecule has 0 aliphatic heterocycles. The van der Waals surface area contributed by atoms with Crippen LogP contribution in [0.4, 0.5) is 17.1 Å². The molecule has 0 aliphatic carbocycles. The zero-order chi connectivity index (χ0) is 57.7. The first-order chi connectivity index (χ1) is 38.6. The van der Waals surface area contributed by atoms with Gasteiger partial charge in [-0.3, -0.25) is 0 Å². The third-order valence-electron chi connectivity index (χ3n) is 10.7. The van der Waals surface area contributed by atoms with E-state index in [-0.39, 0.29) is 16.7 Å². The number of benzene rings is 10. The minimum atomic E-state index is -0.921. The van der Waals surface area contributed by atoms with E-state index in [4.69, 9.17) is 19.5 Å². The van der Waals surface area contributed by atoms with E-state index in [1.54, 1.807) is 30.3 Å². The normalized spacial score (nSPS) is 16.2. The van der Waals surface area contributed by atoms with E-state index < -0.39 is 165 Å². The molecule has 10 aromatic carbocycles. The van der Waals surface area contributed by atoms with Gasteiger partial charge < -0.3 is 13.9 Å². The van der Waals surface area contributed by atoms with E-state index in [1.807, 2.05) is 60.7 Å². The Kier molecular flexibility index (Phi) is 4.74. The van der Waals surface area contributed by atoms with Crippen LogP contribution >= 0.6 is 0 Å². The van der Waals surface area contributed by atoms with E-state index in [0.29, 0.717) is 22.1 Å². The fourth-order valence-electron chi connectivity index (χ4n) is 7.96. The Hall–Kier alpha value is -8.14. The summed E-state index contributed by atoms with van der Waals surface area (Å²) in [6, 6.07) is 17.2. The molecule has 0 saturated heterocycles. The summed E-state index contributed by atoms with van der Waals surface area (Å²) in [4.78, 5) is 1.01. The van der Waals surface area contributed by atoms with Crippen LogP contribution in [0.2, 0.25) is 0 Å². The lowest BCUT2D eigenvalue weighted by Gasteiger charge is -2.27. The van der Waals surface area contributed by atoms with Crippen LogP contribution in [0.5, 0.6) is 0 Å². The van der Waals surface area contributed by atoms with E-state index in [9.17, 15) is 12.3 Å². The zero-order valence-corrected chi connectivity index (χ0v) is 31.7. The Morgan fingerprint density at radius 3 is 1.75 bits per heavy atom. The molecule has 0 spiro atoms. The number of rotatable bonds is 7. The molecule has 0 bridgehead atoms. The average molecular weight is 799 g/mol. The molecule has 0 N–H and O–H groups in total. The number of fused-ring (bicyclic) bond motifs is 7. The topological polar surface area (TPSA) is 21.3 Å². The average Bonchev–Trinajstić information content (AvgIpc) is 3.30. The van der Waals surface area contributed by atoms with Crippen LogP contribution in [0.1, 0.15) is 27.4 Å². The lowest BCUT2D eigenvalue weighted by atomic mass is 9.98. The van der Waals surface area contributed by atoms with Gasteiger partial charge in [-0.15, -0.1) is 0 Å². The highest BCUT2D eigenvalue weighted by Gasteiger charge is 2.23. The maximum Gasteiger partial charge on any atom is 0.145 e. The number of hydrogen-bond donors (Lipinski definition) is 0. The highest BCUT2D eigenvalue weighted by atomic mass is 16.3. The van der Waals surface area contributed by atoms with Crippen molar-refractivity contribution >= 4 is 71.6 Å². The highest BCUT2D eigenvalue weighted by molar-refractivity contribution is 6.17. The van der Waals surface area contributed by atoms with E-state index >= 15 is 0 Å². The van der Waals surface area contributed by atoms with Crippen molar-refractivity contribution in [2.75, 3.05) is 4.90 Å². The summed E-state index contributed by atoms with van der Waals surface area (Å²) >= 11 is 0. The fraction of sp³-hybridized carbons (Fsp3) is 0. The standard InChI is InChI=1S/C58H38N2O/c1-2-13-39(14-3-1)41-27-31-46(32-28-41)59(47-33-29-42(30-34-47)44-26-25-40-15-4-5-16-43(40)37-44)55-36-35-49(58-57(55)52-21-8-11-24-56(52)61-58)45-17-12-18-48(38-45)60-53-22-9-6-19-50(53)51-20-7-10-23-54(51)60/h1-38H/i1D,2D,3D,4D,5D,13D,14D,15D,16D,25D,26D,27D,28D,29D,30D,31D,32D,33D,34D,37D. The number of furan rings is 1. The Morgan fingerprint density at radius 2 is 1.03 bits per heavy atom. The van der Waals surface area contributed by atoms with Crippen molar-refractivity contribution in [2.24, 2.45) is 0 Å². The summed E-state index contributed by atoms with van der Waals surface area (Å²) in [5.41, 5.74) is 0.359. The molecule has 61 heavy (non-hydrogen) atoms. The molecule has 286 valence electrons. The smallest absolute Gasteiger partial charge is 0.145 e. The first kappa shape index (κ1) is 20.2. The highest BCUT2D eigenvalue weighted by Crippen LogP contribution is 2.47. The van der Waals surface area contributed by atoms with Gasteiger partial charge >= 0.3 is 0 Å². The quantitative estimate of drug-likeness (QED) is 0.160. The number of para-hydroxylation sites is 3. The molecular weight excluding hydrogens is 741 g/mol. The van der Waals surface area contributed by atoms with Crippen LogP contribution in [0.15, 0.2) is 234 Å². The number of nitrogens with zero attached hydrogens (tertiary/aromatic N) is 2. The second-order valence-electron chi connectivity index (χ2n) is 14.1. The monoisotopic (exact) mass is 798 g/mol. The number of anilines is 3. The summed E-state index contributed by atoms with van der Waals surface area (Å²) in [6.45, 7) is 0. The molecular formula is C58H38N2O. The van der Waals surface area contributed by atoms with Gasteiger partial charge in [0.1, 0.15) is 11.2 Å². The van der Waals surface area contributed by atoms with Gasteiger partial charge in [0, 0.05) is 38.8 Å². The fourth-order valence-corrected chi connectivity index (χ4v) is 7.96.